The van der Waals surface area contributed by atoms with E-state index in [-0.39, 0.29) is 18.3 Å². The Labute approximate surface area is 81.4 Å². The number of benzene rings is 1. The third kappa shape index (κ3) is 3.34. The third-order valence-electron chi connectivity index (χ3n) is 1.39. The molecule has 0 aliphatic rings. The van der Waals surface area contributed by atoms with Gasteiger partial charge in [0.05, 0.1) is 6.42 Å². The Bertz CT molecular complexity index is 301. The highest BCUT2D eigenvalue weighted by Crippen LogP contribution is 2.14. The molecule has 0 aromatic heterocycles. The van der Waals surface area contributed by atoms with Gasteiger partial charge in [0.15, 0.2) is 0 Å². The molecule has 0 saturated heterocycles. The lowest BCUT2D eigenvalue weighted by atomic mass is 10.3. The number of rotatable bonds is 3. The highest BCUT2D eigenvalue weighted by atomic mass is 35.5. The van der Waals surface area contributed by atoms with Gasteiger partial charge in [-0.2, -0.15) is 0 Å². The second kappa shape index (κ2) is 4.72. The molecule has 2 N–H and O–H groups in total. The summed E-state index contributed by atoms with van der Waals surface area (Å²) in [6, 6.07) is 6.70. The molecular formula is C9H10ClNO2. The van der Waals surface area contributed by atoms with E-state index in [1.165, 1.54) is 0 Å². The molecule has 0 saturated carbocycles. The molecule has 0 atom stereocenters. The van der Waals surface area contributed by atoms with Crippen molar-refractivity contribution < 1.29 is 9.53 Å². The largest absolute Gasteiger partial charge is 0.426 e. The Hall–Kier alpha value is -1.22. The smallest absolute Gasteiger partial charge is 0.312 e. The Balaban J connectivity index is 2.58. The molecule has 0 radical (unpaired) electrons. The molecule has 1 aromatic rings. The Morgan fingerprint density at radius 3 is 2.92 bits per heavy atom. The number of nitrogens with two attached hydrogens (primary N) is 1. The number of carbonyl (C=O) groups is 1. The van der Waals surface area contributed by atoms with Gasteiger partial charge in [-0.1, -0.05) is 6.07 Å². The van der Waals surface area contributed by atoms with Crippen LogP contribution < -0.4 is 10.5 Å². The summed E-state index contributed by atoms with van der Waals surface area (Å²) in [7, 11) is 0. The maximum Gasteiger partial charge on any atom is 0.312 e. The molecule has 1 rings (SSSR count). The van der Waals surface area contributed by atoms with Crippen molar-refractivity contribution in [2.75, 3.05) is 11.6 Å². The first-order chi connectivity index (χ1) is 6.22. The van der Waals surface area contributed by atoms with Crippen molar-refractivity contribution in [3.8, 4) is 5.75 Å². The molecule has 0 aliphatic carbocycles. The zero-order valence-corrected chi connectivity index (χ0v) is 7.75. The maximum absolute atomic E-state index is 11.0. The van der Waals surface area contributed by atoms with E-state index < -0.39 is 0 Å². The Morgan fingerprint density at radius 1 is 1.54 bits per heavy atom. The number of hydrogen-bond donors (Lipinski definition) is 1. The molecule has 0 heterocycles. The van der Waals surface area contributed by atoms with Crippen molar-refractivity contribution >= 4 is 23.3 Å². The van der Waals surface area contributed by atoms with Crippen LogP contribution in [0.1, 0.15) is 6.42 Å². The molecule has 0 unspecified atom stereocenters. The van der Waals surface area contributed by atoms with Crippen LogP contribution in [0.4, 0.5) is 5.69 Å². The van der Waals surface area contributed by atoms with Crippen LogP contribution in [0.5, 0.6) is 5.75 Å². The normalized spacial score (nSPS) is 9.62. The third-order valence-corrected chi connectivity index (χ3v) is 1.58. The van der Waals surface area contributed by atoms with E-state index in [4.69, 9.17) is 22.1 Å². The highest BCUT2D eigenvalue weighted by molar-refractivity contribution is 6.18. The van der Waals surface area contributed by atoms with Crippen molar-refractivity contribution in [1.82, 2.24) is 0 Å². The zero-order chi connectivity index (χ0) is 9.68. The Kier molecular flexibility index (Phi) is 3.58. The molecule has 0 spiro atoms. The number of esters is 1. The minimum Gasteiger partial charge on any atom is -0.426 e. The number of halogens is 1. The van der Waals surface area contributed by atoms with Crippen LogP contribution in [-0.4, -0.2) is 11.8 Å². The first-order valence-electron chi connectivity index (χ1n) is 3.84. The number of carbonyl (C=O) groups excluding carboxylic acids is 1. The van der Waals surface area contributed by atoms with Gasteiger partial charge >= 0.3 is 5.97 Å². The summed E-state index contributed by atoms with van der Waals surface area (Å²) in [5, 5.41) is 0. The topological polar surface area (TPSA) is 52.3 Å². The van der Waals surface area contributed by atoms with Gasteiger partial charge in [-0.15, -0.1) is 11.6 Å². The number of hydrogen-bond acceptors (Lipinski definition) is 3. The van der Waals surface area contributed by atoms with E-state index in [1.54, 1.807) is 24.3 Å². The van der Waals surface area contributed by atoms with Gasteiger partial charge < -0.3 is 10.5 Å². The van der Waals surface area contributed by atoms with E-state index in [9.17, 15) is 4.79 Å². The lowest BCUT2D eigenvalue weighted by Crippen LogP contribution is -2.08. The van der Waals surface area contributed by atoms with E-state index in [0.29, 0.717) is 11.4 Å². The molecule has 0 aliphatic heterocycles. The Morgan fingerprint density at radius 2 is 2.31 bits per heavy atom. The van der Waals surface area contributed by atoms with Gasteiger partial charge in [-0.3, -0.25) is 4.79 Å². The van der Waals surface area contributed by atoms with Gasteiger partial charge in [0.25, 0.3) is 0 Å². The fraction of sp³-hybridized carbons (Fsp3) is 0.222. The zero-order valence-electron chi connectivity index (χ0n) is 7.00. The molecule has 70 valence electrons. The predicted molar refractivity (Wildman–Crippen MR) is 51.8 cm³/mol. The highest BCUT2D eigenvalue weighted by Gasteiger charge is 2.02. The van der Waals surface area contributed by atoms with E-state index in [2.05, 4.69) is 0 Å². The molecular weight excluding hydrogens is 190 g/mol. The van der Waals surface area contributed by atoms with Crippen LogP contribution in [-0.2, 0) is 4.79 Å². The summed E-state index contributed by atoms with van der Waals surface area (Å²) >= 11 is 5.37. The lowest BCUT2D eigenvalue weighted by molar-refractivity contribution is -0.133. The number of nitrogen functional groups attached to an aromatic ring is 1. The van der Waals surface area contributed by atoms with Crippen LogP contribution in [0.2, 0.25) is 0 Å². The maximum atomic E-state index is 11.0. The average molecular weight is 200 g/mol. The molecule has 0 bridgehead atoms. The molecule has 0 fully saturated rings. The minimum absolute atomic E-state index is 0.205. The standard InChI is InChI=1S/C9H10ClNO2/c10-5-4-9(12)13-8-3-1-2-7(11)6-8/h1-3,6H,4-5,11H2. The van der Waals surface area contributed by atoms with Crippen LogP contribution in [0.15, 0.2) is 24.3 Å². The van der Waals surface area contributed by atoms with Crippen LogP contribution >= 0.6 is 11.6 Å². The minimum atomic E-state index is -0.347. The molecule has 3 nitrogen and oxygen atoms in total. The summed E-state index contributed by atoms with van der Waals surface area (Å²) in [5.74, 6) is 0.372. The summed E-state index contributed by atoms with van der Waals surface area (Å²) in [6.07, 6.45) is 0.205. The van der Waals surface area contributed by atoms with Gasteiger partial charge in [0, 0.05) is 17.6 Å². The second-order valence-corrected chi connectivity index (χ2v) is 2.86. The van der Waals surface area contributed by atoms with Crippen molar-refractivity contribution in [3.63, 3.8) is 0 Å². The van der Waals surface area contributed by atoms with Crippen molar-refractivity contribution in [3.05, 3.63) is 24.3 Å². The monoisotopic (exact) mass is 199 g/mol. The van der Waals surface area contributed by atoms with Gasteiger partial charge in [0.1, 0.15) is 5.75 Å². The van der Waals surface area contributed by atoms with Crippen LogP contribution in [0, 0.1) is 0 Å². The molecule has 13 heavy (non-hydrogen) atoms. The quantitative estimate of drug-likeness (QED) is 0.350. The second-order valence-electron chi connectivity index (χ2n) is 2.49. The fourth-order valence-corrected chi connectivity index (χ4v) is 0.992. The van der Waals surface area contributed by atoms with Crippen molar-refractivity contribution in [2.24, 2.45) is 0 Å². The summed E-state index contributed by atoms with van der Waals surface area (Å²) in [4.78, 5) is 11.0. The lowest BCUT2D eigenvalue weighted by Gasteiger charge is -2.02. The van der Waals surface area contributed by atoms with Crippen molar-refractivity contribution in [2.45, 2.75) is 6.42 Å². The predicted octanol–water partition coefficient (Wildman–Crippen LogP) is 1.80. The van der Waals surface area contributed by atoms with Crippen molar-refractivity contribution in [1.29, 1.82) is 0 Å². The van der Waals surface area contributed by atoms with E-state index in [1.807, 2.05) is 0 Å². The number of alkyl halides is 1. The van der Waals surface area contributed by atoms with Gasteiger partial charge in [0.2, 0.25) is 0 Å². The van der Waals surface area contributed by atoms with Gasteiger partial charge in [-0.25, -0.2) is 0 Å². The van der Waals surface area contributed by atoms with E-state index in [0.717, 1.165) is 0 Å². The fourth-order valence-electron chi connectivity index (χ4n) is 0.838. The molecule has 0 amide bonds. The van der Waals surface area contributed by atoms with Gasteiger partial charge in [-0.05, 0) is 12.1 Å². The molecule has 4 heteroatoms. The number of anilines is 1. The summed E-state index contributed by atoms with van der Waals surface area (Å²) in [5.41, 5.74) is 6.06. The summed E-state index contributed by atoms with van der Waals surface area (Å²) in [6.45, 7) is 0. The average Bonchev–Trinajstić information content (AvgIpc) is 2.04. The summed E-state index contributed by atoms with van der Waals surface area (Å²) < 4.78 is 4.93. The SMILES string of the molecule is Nc1cccc(OC(=O)CCCl)c1. The first kappa shape index (κ1) is 9.86. The van der Waals surface area contributed by atoms with E-state index >= 15 is 0 Å². The molecule has 1 aromatic carbocycles. The first-order valence-corrected chi connectivity index (χ1v) is 4.38. The van der Waals surface area contributed by atoms with Crippen LogP contribution in [0.3, 0.4) is 0 Å². The van der Waals surface area contributed by atoms with Crippen LogP contribution in [0.25, 0.3) is 0 Å². The number of ether oxygens (including phenoxy) is 1.